The fourth-order valence-corrected chi connectivity index (χ4v) is 1.74. The molecule has 1 aromatic rings. The zero-order valence-corrected chi connectivity index (χ0v) is 10.9. The second-order valence-electron chi connectivity index (χ2n) is 4.42. The lowest BCUT2D eigenvalue weighted by Crippen LogP contribution is -2.18. The first kappa shape index (κ1) is 14.9. The number of ether oxygens (including phenoxy) is 1. The Balaban J connectivity index is 2.68. The minimum atomic E-state index is -0.262. The van der Waals surface area contributed by atoms with Crippen molar-refractivity contribution in [3.8, 4) is 5.75 Å². The van der Waals surface area contributed by atoms with Crippen LogP contribution in [0.1, 0.15) is 25.3 Å². The maximum atomic E-state index is 13.2. The molecule has 18 heavy (non-hydrogen) atoms. The lowest BCUT2D eigenvalue weighted by molar-refractivity contribution is 0.222. The molecule has 1 aromatic carbocycles. The highest BCUT2D eigenvalue weighted by Gasteiger charge is 2.10. The van der Waals surface area contributed by atoms with E-state index < -0.39 is 0 Å². The number of nitrogens with two attached hydrogens (primary N) is 1. The van der Waals surface area contributed by atoms with Gasteiger partial charge in [0.05, 0.1) is 6.61 Å². The summed E-state index contributed by atoms with van der Waals surface area (Å²) in [5.41, 5.74) is 6.37. The smallest absolute Gasteiger partial charge is 0.123 e. The van der Waals surface area contributed by atoms with Gasteiger partial charge < -0.3 is 15.6 Å². The summed E-state index contributed by atoms with van der Waals surface area (Å²) < 4.78 is 18.8. The van der Waals surface area contributed by atoms with Crippen molar-refractivity contribution in [2.75, 3.05) is 19.8 Å². The van der Waals surface area contributed by atoms with Gasteiger partial charge in [-0.15, -0.1) is 0 Å². The topological polar surface area (TPSA) is 55.5 Å². The summed E-state index contributed by atoms with van der Waals surface area (Å²) in [5.74, 6) is 0.529. The van der Waals surface area contributed by atoms with Crippen LogP contribution in [0.4, 0.5) is 4.39 Å². The highest BCUT2D eigenvalue weighted by molar-refractivity contribution is 5.34. The lowest BCUT2D eigenvalue weighted by Gasteiger charge is -2.14. The Labute approximate surface area is 108 Å². The van der Waals surface area contributed by atoms with Crippen LogP contribution in [-0.2, 0) is 6.42 Å². The van der Waals surface area contributed by atoms with Gasteiger partial charge in [-0.2, -0.15) is 0 Å². The molecule has 0 saturated carbocycles. The molecular formula is C14H22FNO2. The van der Waals surface area contributed by atoms with Crippen molar-refractivity contribution in [2.24, 2.45) is 11.7 Å². The van der Waals surface area contributed by atoms with Gasteiger partial charge in [-0.05, 0) is 55.5 Å². The molecule has 0 amide bonds. The molecule has 0 heterocycles. The van der Waals surface area contributed by atoms with E-state index in [4.69, 9.17) is 15.6 Å². The van der Waals surface area contributed by atoms with E-state index >= 15 is 0 Å². The second-order valence-corrected chi connectivity index (χ2v) is 4.42. The largest absolute Gasteiger partial charge is 0.493 e. The number of hydrogen-bond acceptors (Lipinski definition) is 3. The number of aliphatic hydroxyl groups is 1. The number of benzene rings is 1. The van der Waals surface area contributed by atoms with E-state index in [-0.39, 0.29) is 18.3 Å². The summed E-state index contributed by atoms with van der Waals surface area (Å²) in [4.78, 5) is 0. The van der Waals surface area contributed by atoms with Gasteiger partial charge in [-0.3, -0.25) is 0 Å². The van der Waals surface area contributed by atoms with E-state index in [1.807, 2.05) is 6.92 Å². The first-order chi connectivity index (χ1) is 8.71. The molecule has 0 aliphatic carbocycles. The van der Waals surface area contributed by atoms with Crippen molar-refractivity contribution in [1.82, 2.24) is 0 Å². The minimum Gasteiger partial charge on any atom is -0.493 e. The molecule has 0 saturated heterocycles. The summed E-state index contributed by atoms with van der Waals surface area (Å²) in [5, 5.41) is 9.08. The number of rotatable bonds is 8. The molecule has 1 unspecified atom stereocenters. The van der Waals surface area contributed by atoms with E-state index in [0.29, 0.717) is 19.6 Å². The highest BCUT2D eigenvalue weighted by atomic mass is 19.1. The van der Waals surface area contributed by atoms with E-state index in [2.05, 4.69) is 0 Å². The van der Waals surface area contributed by atoms with Gasteiger partial charge in [-0.1, -0.05) is 6.92 Å². The van der Waals surface area contributed by atoms with Gasteiger partial charge in [0, 0.05) is 6.61 Å². The molecule has 102 valence electrons. The van der Waals surface area contributed by atoms with Gasteiger partial charge in [0.2, 0.25) is 0 Å². The standard InChI is InChI=1S/C14H22FNO2/c1-2-7-18-14-6-5-13(15)8-12(14)4-3-11(9-16)10-17/h5-6,8,11,17H,2-4,7,9-10,16H2,1H3. The molecule has 3 nitrogen and oxygen atoms in total. The van der Waals surface area contributed by atoms with Crippen LogP contribution < -0.4 is 10.5 Å². The summed E-state index contributed by atoms with van der Waals surface area (Å²) >= 11 is 0. The van der Waals surface area contributed by atoms with Crippen molar-refractivity contribution in [1.29, 1.82) is 0 Å². The van der Waals surface area contributed by atoms with Gasteiger partial charge >= 0.3 is 0 Å². The number of aliphatic hydroxyl groups excluding tert-OH is 1. The number of aryl methyl sites for hydroxylation is 1. The summed E-state index contributed by atoms with van der Waals surface area (Å²) in [6.07, 6.45) is 2.32. The average Bonchev–Trinajstić information content (AvgIpc) is 2.39. The van der Waals surface area contributed by atoms with E-state index in [0.717, 1.165) is 24.2 Å². The first-order valence-electron chi connectivity index (χ1n) is 6.43. The third kappa shape index (κ3) is 4.63. The Morgan fingerprint density at radius 3 is 2.83 bits per heavy atom. The van der Waals surface area contributed by atoms with Crippen LogP contribution in [0.25, 0.3) is 0 Å². The van der Waals surface area contributed by atoms with Crippen molar-refractivity contribution in [3.05, 3.63) is 29.6 Å². The molecule has 0 bridgehead atoms. The average molecular weight is 255 g/mol. The van der Waals surface area contributed by atoms with Crippen LogP contribution >= 0.6 is 0 Å². The third-order valence-electron chi connectivity index (χ3n) is 2.90. The molecule has 3 N–H and O–H groups in total. The predicted octanol–water partition coefficient (Wildman–Crippen LogP) is 2.11. The highest BCUT2D eigenvalue weighted by Crippen LogP contribution is 2.22. The Hall–Kier alpha value is -1.13. The molecule has 1 rings (SSSR count). The van der Waals surface area contributed by atoms with E-state index in [1.54, 1.807) is 6.07 Å². The predicted molar refractivity (Wildman–Crippen MR) is 70.1 cm³/mol. The third-order valence-corrected chi connectivity index (χ3v) is 2.90. The van der Waals surface area contributed by atoms with Gasteiger partial charge in [0.1, 0.15) is 11.6 Å². The molecule has 0 aliphatic rings. The van der Waals surface area contributed by atoms with Gasteiger partial charge in [-0.25, -0.2) is 4.39 Å². The molecular weight excluding hydrogens is 233 g/mol. The molecule has 0 spiro atoms. The summed E-state index contributed by atoms with van der Waals surface area (Å²) in [7, 11) is 0. The van der Waals surface area contributed by atoms with E-state index in [9.17, 15) is 4.39 Å². The van der Waals surface area contributed by atoms with Crippen LogP contribution in [0.5, 0.6) is 5.75 Å². The Morgan fingerprint density at radius 2 is 2.22 bits per heavy atom. The number of hydrogen-bond donors (Lipinski definition) is 2. The molecule has 0 fully saturated rings. The maximum Gasteiger partial charge on any atom is 0.123 e. The molecule has 0 aliphatic heterocycles. The Morgan fingerprint density at radius 1 is 1.44 bits per heavy atom. The second kappa shape index (κ2) is 8.06. The zero-order valence-electron chi connectivity index (χ0n) is 10.9. The quantitative estimate of drug-likeness (QED) is 0.748. The maximum absolute atomic E-state index is 13.2. The van der Waals surface area contributed by atoms with Crippen molar-refractivity contribution < 1.29 is 14.2 Å². The Kier molecular flexibility index (Phi) is 6.68. The normalized spacial score (nSPS) is 12.4. The van der Waals surface area contributed by atoms with Crippen molar-refractivity contribution in [2.45, 2.75) is 26.2 Å². The van der Waals surface area contributed by atoms with Gasteiger partial charge in [0.25, 0.3) is 0 Å². The van der Waals surface area contributed by atoms with Crippen LogP contribution in [-0.4, -0.2) is 24.9 Å². The van der Waals surface area contributed by atoms with Crippen LogP contribution in [0.3, 0.4) is 0 Å². The monoisotopic (exact) mass is 255 g/mol. The van der Waals surface area contributed by atoms with Gasteiger partial charge in [0.15, 0.2) is 0 Å². The van der Waals surface area contributed by atoms with Crippen LogP contribution in [0.2, 0.25) is 0 Å². The van der Waals surface area contributed by atoms with E-state index in [1.165, 1.54) is 12.1 Å². The van der Waals surface area contributed by atoms with Crippen LogP contribution in [0, 0.1) is 11.7 Å². The van der Waals surface area contributed by atoms with Crippen LogP contribution in [0.15, 0.2) is 18.2 Å². The number of halogens is 1. The zero-order chi connectivity index (χ0) is 13.4. The molecule has 0 aromatic heterocycles. The summed E-state index contributed by atoms with van der Waals surface area (Å²) in [6.45, 7) is 3.16. The first-order valence-corrected chi connectivity index (χ1v) is 6.43. The van der Waals surface area contributed by atoms with Crippen molar-refractivity contribution >= 4 is 0 Å². The Bertz CT molecular complexity index is 354. The fraction of sp³-hybridized carbons (Fsp3) is 0.571. The lowest BCUT2D eigenvalue weighted by atomic mass is 9.99. The fourth-order valence-electron chi connectivity index (χ4n) is 1.74. The SMILES string of the molecule is CCCOc1ccc(F)cc1CCC(CN)CO. The van der Waals surface area contributed by atoms with Crippen molar-refractivity contribution in [3.63, 3.8) is 0 Å². The molecule has 4 heteroatoms. The minimum absolute atomic E-state index is 0.0623. The molecule has 0 radical (unpaired) electrons. The molecule has 1 atom stereocenters. The summed E-state index contributed by atoms with van der Waals surface area (Å²) in [6, 6.07) is 4.56.